The summed E-state index contributed by atoms with van der Waals surface area (Å²) in [6, 6.07) is 1.84. The molecule has 1 aromatic carbocycles. The van der Waals surface area contributed by atoms with Crippen molar-refractivity contribution < 1.29 is 17.6 Å². The van der Waals surface area contributed by atoms with Gasteiger partial charge in [-0.3, -0.25) is 0 Å². The van der Waals surface area contributed by atoms with E-state index >= 15 is 0 Å². The highest BCUT2D eigenvalue weighted by Crippen LogP contribution is 2.42. The molecule has 1 aromatic rings. The molecule has 0 unspecified atom stereocenters. The molecule has 0 aliphatic heterocycles. The van der Waals surface area contributed by atoms with E-state index in [1.54, 1.807) is 0 Å². The molecule has 1 rings (SSSR count). The van der Waals surface area contributed by atoms with Gasteiger partial charge in [0.15, 0.2) is 0 Å². The van der Waals surface area contributed by atoms with Crippen molar-refractivity contribution in [3.8, 4) is 0 Å². The van der Waals surface area contributed by atoms with Crippen molar-refractivity contribution in [1.29, 1.82) is 0 Å². The number of alkyl halides is 3. The van der Waals surface area contributed by atoms with E-state index in [2.05, 4.69) is 0 Å². The van der Waals surface area contributed by atoms with Crippen molar-refractivity contribution in [2.75, 3.05) is 0 Å². The third-order valence-electron chi connectivity index (χ3n) is 1.18. The van der Waals surface area contributed by atoms with Crippen LogP contribution in [0.25, 0.3) is 0 Å². The Morgan fingerprint density at radius 2 is 1.71 bits per heavy atom. The Bertz CT molecular complexity index is 327. The highest BCUT2D eigenvalue weighted by Gasteiger charge is 2.32. The van der Waals surface area contributed by atoms with Gasteiger partial charge in [0, 0.05) is 5.02 Å². The van der Waals surface area contributed by atoms with Crippen molar-refractivity contribution in [2.24, 2.45) is 0 Å². The van der Waals surface area contributed by atoms with E-state index in [0.29, 0.717) is 0 Å². The second-order valence-corrected chi connectivity index (χ2v) is 4.17. The Kier molecular flexibility index (Phi) is 3.55. The van der Waals surface area contributed by atoms with Crippen LogP contribution in [-0.4, -0.2) is 5.51 Å². The number of rotatable bonds is 1. The minimum atomic E-state index is -4.57. The standard InChI is InChI=1S/C7H2Cl2F4S/c8-3-1-4(9)6(5(10)2-3)14-7(11,12)13/h1-2H. The van der Waals surface area contributed by atoms with Gasteiger partial charge in [-0.15, -0.1) is 0 Å². The fourth-order valence-electron chi connectivity index (χ4n) is 0.742. The van der Waals surface area contributed by atoms with Crippen molar-refractivity contribution in [1.82, 2.24) is 0 Å². The molecule has 0 radical (unpaired) electrons. The van der Waals surface area contributed by atoms with Gasteiger partial charge in [-0.25, -0.2) is 4.39 Å². The summed E-state index contributed by atoms with van der Waals surface area (Å²) in [5.41, 5.74) is -4.57. The molecule has 0 bridgehead atoms. The summed E-state index contributed by atoms with van der Waals surface area (Å²) in [7, 11) is 0. The van der Waals surface area contributed by atoms with E-state index in [0.717, 1.165) is 12.1 Å². The molecule has 0 amide bonds. The zero-order chi connectivity index (χ0) is 10.9. The zero-order valence-electron chi connectivity index (χ0n) is 6.33. The van der Waals surface area contributed by atoms with Crippen molar-refractivity contribution in [3.05, 3.63) is 28.0 Å². The molecular formula is C7H2Cl2F4S. The smallest absolute Gasteiger partial charge is 0.206 e. The van der Waals surface area contributed by atoms with Gasteiger partial charge in [0.05, 0.1) is 9.92 Å². The molecule has 0 N–H and O–H groups in total. The fourth-order valence-corrected chi connectivity index (χ4v) is 1.87. The number of thioether (sulfide) groups is 1. The molecule has 0 nitrogen and oxygen atoms in total. The first-order valence-corrected chi connectivity index (χ1v) is 4.77. The maximum atomic E-state index is 13.0. The Labute approximate surface area is 91.2 Å². The Morgan fingerprint density at radius 1 is 1.14 bits per heavy atom. The first-order chi connectivity index (χ1) is 6.29. The van der Waals surface area contributed by atoms with Gasteiger partial charge in [0.1, 0.15) is 5.82 Å². The summed E-state index contributed by atoms with van der Waals surface area (Å²) in [4.78, 5) is -0.663. The molecule has 0 heterocycles. The number of benzene rings is 1. The van der Waals surface area contributed by atoms with Gasteiger partial charge in [0.2, 0.25) is 0 Å². The lowest BCUT2D eigenvalue weighted by atomic mass is 10.3. The van der Waals surface area contributed by atoms with Gasteiger partial charge in [-0.05, 0) is 23.9 Å². The maximum Gasteiger partial charge on any atom is 0.446 e. The van der Waals surface area contributed by atoms with Crippen molar-refractivity contribution in [3.63, 3.8) is 0 Å². The Hall–Kier alpha value is -0.130. The van der Waals surface area contributed by atoms with E-state index in [1.165, 1.54) is 0 Å². The molecule has 0 aliphatic carbocycles. The molecule has 14 heavy (non-hydrogen) atoms. The van der Waals surface area contributed by atoms with E-state index in [-0.39, 0.29) is 10.0 Å². The number of hydrogen-bond donors (Lipinski definition) is 0. The third kappa shape index (κ3) is 3.22. The monoisotopic (exact) mass is 264 g/mol. The van der Waals surface area contributed by atoms with Crippen LogP contribution in [0.1, 0.15) is 0 Å². The van der Waals surface area contributed by atoms with Gasteiger partial charge < -0.3 is 0 Å². The van der Waals surface area contributed by atoms with Gasteiger partial charge in [-0.2, -0.15) is 13.2 Å². The van der Waals surface area contributed by atoms with Crippen molar-refractivity contribution >= 4 is 35.0 Å². The summed E-state index contributed by atoms with van der Waals surface area (Å²) in [5, 5.41) is -0.392. The average Bonchev–Trinajstić information content (AvgIpc) is 1.95. The van der Waals surface area contributed by atoms with Crippen LogP contribution >= 0.6 is 35.0 Å². The normalized spacial score (nSPS) is 11.9. The Morgan fingerprint density at radius 3 is 2.14 bits per heavy atom. The first-order valence-electron chi connectivity index (χ1n) is 3.20. The highest BCUT2D eigenvalue weighted by molar-refractivity contribution is 8.00. The lowest BCUT2D eigenvalue weighted by Crippen LogP contribution is -2.00. The predicted molar refractivity (Wildman–Crippen MR) is 48.3 cm³/mol. The number of halogens is 6. The Balaban J connectivity index is 3.09. The quantitative estimate of drug-likeness (QED) is 0.521. The summed E-state index contributed by atoms with van der Waals surface area (Å²) >= 11 is 10.2. The molecule has 0 aliphatic rings. The minimum Gasteiger partial charge on any atom is -0.206 e. The summed E-state index contributed by atoms with van der Waals surface area (Å²) in [5.74, 6) is -1.08. The molecule has 0 aromatic heterocycles. The van der Waals surface area contributed by atoms with Gasteiger partial charge in [-0.1, -0.05) is 23.2 Å². The van der Waals surface area contributed by atoms with E-state index < -0.39 is 28.0 Å². The molecule has 0 saturated heterocycles. The van der Waals surface area contributed by atoms with Crippen LogP contribution in [0.2, 0.25) is 10.0 Å². The first kappa shape index (κ1) is 11.9. The van der Waals surface area contributed by atoms with E-state index in [4.69, 9.17) is 23.2 Å². The molecule has 7 heteroatoms. The van der Waals surface area contributed by atoms with Crippen LogP contribution in [0.4, 0.5) is 17.6 Å². The topological polar surface area (TPSA) is 0 Å². The van der Waals surface area contributed by atoms with Crippen LogP contribution in [0.5, 0.6) is 0 Å². The van der Waals surface area contributed by atoms with Crippen LogP contribution in [0, 0.1) is 5.82 Å². The lowest BCUT2D eigenvalue weighted by Gasteiger charge is -2.08. The van der Waals surface area contributed by atoms with Gasteiger partial charge in [0.25, 0.3) is 0 Å². The highest BCUT2D eigenvalue weighted by atomic mass is 35.5. The minimum absolute atomic E-state index is 0.0426. The van der Waals surface area contributed by atoms with Crippen molar-refractivity contribution in [2.45, 2.75) is 10.4 Å². The largest absolute Gasteiger partial charge is 0.446 e. The third-order valence-corrected chi connectivity index (χ3v) is 2.66. The zero-order valence-corrected chi connectivity index (χ0v) is 8.66. The predicted octanol–water partition coefficient (Wildman–Crippen LogP) is 4.74. The summed E-state index contributed by atoms with van der Waals surface area (Å²) in [6.07, 6.45) is 0. The maximum absolute atomic E-state index is 13.0. The fraction of sp³-hybridized carbons (Fsp3) is 0.143. The number of hydrogen-bond acceptors (Lipinski definition) is 1. The second-order valence-electron chi connectivity index (χ2n) is 2.25. The molecule has 0 saturated carbocycles. The van der Waals surface area contributed by atoms with E-state index in [9.17, 15) is 17.6 Å². The molecule has 0 spiro atoms. The average molecular weight is 265 g/mol. The second kappa shape index (κ2) is 4.16. The van der Waals surface area contributed by atoms with Gasteiger partial charge >= 0.3 is 5.51 Å². The molecule has 0 fully saturated rings. The SMILES string of the molecule is Fc1cc(Cl)cc(Cl)c1SC(F)(F)F. The molecule has 78 valence electrons. The van der Waals surface area contributed by atoms with Crippen LogP contribution in [-0.2, 0) is 0 Å². The lowest BCUT2D eigenvalue weighted by molar-refractivity contribution is -0.0329. The summed E-state index contributed by atoms with van der Waals surface area (Å²) < 4.78 is 48.7. The molecular weight excluding hydrogens is 263 g/mol. The van der Waals surface area contributed by atoms with Crippen LogP contribution in [0.15, 0.2) is 17.0 Å². The van der Waals surface area contributed by atoms with E-state index in [1.807, 2.05) is 0 Å². The summed E-state index contributed by atoms with van der Waals surface area (Å²) in [6.45, 7) is 0. The van der Waals surface area contributed by atoms with Crippen LogP contribution < -0.4 is 0 Å². The molecule has 0 atom stereocenters. The van der Waals surface area contributed by atoms with Crippen LogP contribution in [0.3, 0.4) is 0 Å².